The normalized spacial score (nSPS) is 54.8. The number of hydrogen-bond acceptors (Lipinski definition) is 3. The summed E-state index contributed by atoms with van der Waals surface area (Å²) in [6.45, 7) is -0.00231. The minimum Gasteiger partial charge on any atom is -0.462 e. The molecule has 0 amide bonds. The van der Waals surface area contributed by atoms with Crippen LogP contribution in [-0.4, -0.2) is 23.8 Å². The van der Waals surface area contributed by atoms with Crippen LogP contribution in [0, 0.1) is 17.3 Å². The van der Waals surface area contributed by atoms with Gasteiger partial charge >= 0.3 is 5.97 Å². The lowest BCUT2D eigenvalue weighted by Crippen LogP contribution is -2.25. The van der Waals surface area contributed by atoms with Crippen LogP contribution in [0.5, 0.6) is 0 Å². The Bertz CT molecular complexity index is 250. The number of carbonyl (C=O) groups excluding carboxylic acids is 1. The van der Waals surface area contributed by atoms with Gasteiger partial charge in [-0.3, -0.25) is 4.79 Å². The first kappa shape index (κ1) is 6.89. The summed E-state index contributed by atoms with van der Waals surface area (Å²) in [6.07, 6.45) is 3.41. The molecule has 0 bridgehead atoms. The SMILES string of the molecule is O=C1OC2CCCC3C2C13CO. The van der Waals surface area contributed by atoms with E-state index in [1.165, 1.54) is 0 Å². The van der Waals surface area contributed by atoms with Crippen LogP contribution < -0.4 is 0 Å². The van der Waals surface area contributed by atoms with Crippen LogP contribution >= 0.6 is 0 Å². The third kappa shape index (κ3) is 0.505. The number of esters is 1. The van der Waals surface area contributed by atoms with Gasteiger partial charge in [0.1, 0.15) is 11.5 Å². The minimum atomic E-state index is -0.443. The maximum Gasteiger partial charge on any atom is 0.315 e. The average molecular weight is 168 g/mol. The molecule has 0 radical (unpaired) electrons. The number of aliphatic hydroxyl groups excluding tert-OH is 1. The molecule has 3 aliphatic rings. The molecule has 1 saturated heterocycles. The van der Waals surface area contributed by atoms with Gasteiger partial charge in [0.2, 0.25) is 0 Å². The first-order chi connectivity index (χ1) is 5.80. The van der Waals surface area contributed by atoms with E-state index in [9.17, 15) is 9.90 Å². The second-order valence-corrected chi connectivity index (χ2v) is 4.21. The fourth-order valence-electron chi connectivity index (χ4n) is 3.25. The first-order valence-electron chi connectivity index (χ1n) is 4.62. The third-order valence-corrected chi connectivity index (χ3v) is 3.89. The molecule has 3 fully saturated rings. The van der Waals surface area contributed by atoms with Gasteiger partial charge < -0.3 is 9.84 Å². The van der Waals surface area contributed by atoms with Gasteiger partial charge in [0.25, 0.3) is 0 Å². The van der Waals surface area contributed by atoms with Crippen molar-refractivity contribution < 1.29 is 14.6 Å². The number of fused-ring (bicyclic) bond motifs is 1. The Hall–Kier alpha value is -0.570. The Morgan fingerprint density at radius 2 is 2.42 bits per heavy atom. The van der Waals surface area contributed by atoms with Gasteiger partial charge in [0.05, 0.1) is 6.61 Å². The standard InChI is InChI=1S/C9H12O3/c10-4-9-5-2-1-3-6(7(5)9)12-8(9)11/h5-7,10H,1-4H2. The van der Waals surface area contributed by atoms with E-state index in [1.807, 2.05) is 0 Å². The maximum atomic E-state index is 11.4. The van der Waals surface area contributed by atoms with Crippen LogP contribution in [0.15, 0.2) is 0 Å². The summed E-state index contributed by atoms with van der Waals surface area (Å²) in [5.74, 6) is 0.677. The van der Waals surface area contributed by atoms with Crippen LogP contribution in [-0.2, 0) is 9.53 Å². The highest BCUT2D eigenvalue weighted by atomic mass is 16.6. The van der Waals surface area contributed by atoms with E-state index in [2.05, 4.69) is 0 Å². The van der Waals surface area contributed by atoms with Crippen LogP contribution in [0.4, 0.5) is 0 Å². The summed E-state index contributed by atoms with van der Waals surface area (Å²) >= 11 is 0. The van der Waals surface area contributed by atoms with Crippen molar-refractivity contribution in [3.8, 4) is 0 Å². The quantitative estimate of drug-likeness (QED) is 0.573. The van der Waals surface area contributed by atoms with Gasteiger partial charge in [0, 0.05) is 5.92 Å². The molecular weight excluding hydrogens is 156 g/mol. The number of hydrogen-bond donors (Lipinski definition) is 1. The van der Waals surface area contributed by atoms with Crippen molar-refractivity contribution in [1.29, 1.82) is 0 Å². The molecule has 1 aliphatic heterocycles. The molecule has 1 N–H and O–H groups in total. The van der Waals surface area contributed by atoms with Crippen LogP contribution in [0.1, 0.15) is 19.3 Å². The summed E-state index contributed by atoms with van der Waals surface area (Å²) in [5.41, 5.74) is -0.443. The Balaban J connectivity index is 1.99. The highest BCUT2D eigenvalue weighted by Crippen LogP contribution is 2.70. The zero-order valence-electron chi connectivity index (χ0n) is 6.82. The predicted molar refractivity (Wildman–Crippen MR) is 40.2 cm³/mol. The van der Waals surface area contributed by atoms with Gasteiger partial charge in [-0.2, -0.15) is 0 Å². The Labute approximate surface area is 70.7 Å². The van der Waals surface area contributed by atoms with E-state index >= 15 is 0 Å². The third-order valence-electron chi connectivity index (χ3n) is 3.89. The number of aliphatic hydroxyl groups is 1. The van der Waals surface area contributed by atoms with Crippen LogP contribution in [0.25, 0.3) is 0 Å². The van der Waals surface area contributed by atoms with Gasteiger partial charge in [-0.25, -0.2) is 0 Å². The largest absolute Gasteiger partial charge is 0.462 e. The fourth-order valence-corrected chi connectivity index (χ4v) is 3.25. The summed E-state index contributed by atoms with van der Waals surface area (Å²) in [7, 11) is 0. The molecule has 2 saturated carbocycles. The minimum absolute atomic E-state index is 0.00231. The smallest absolute Gasteiger partial charge is 0.315 e. The van der Waals surface area contributed by atoms with E-state index < -0.39 is 5.41 Å². The molecule has 3 nitrogen and oxygen atoms in total. The van der Waals surface area contributed by atoms with E-state index in [1.54, 1.807) is 0 Å². The zero-order valence-corrected chi connectivity index (χ0v) is 6.82. The lowest BCUT2D eigenvalue weighted by Gasteiger charge is -2.20. The fraction of sp³-hybridized carbons (Fsp3) is 0.889. The van der Waals surface area contributed by atoms with E-state index in [-0.39, 0.29) is 18.7 Å². The van der Waals surface area contributed by atoms with Gasteiger partial charge in [-0.05, 0) is 25.2 Å². The number of ether oxygens (including phenoxy) is 1. The average Bonchev–Trinajstić information content (AvgIpc) is 2.64. The molecule has 3 heteroatoms. The monoisotopic (exact) mass is 168 g/mol. The molecule has 0 aromatic rings. The highest BCUT2D eigenvalue weighted by molar-refractivity contribution is 5.85. The summed E-state index contributed by atoms with van der Waals surface area (Å²) in [6, 6.07) is 0. The number of rotatable bonds is 1. The van der Waals surface area contributed by atoms with Gasteiger partial charge in [0.15, 0.2) is 0 Å². The molecule has 4 atom stereocenters. The van der Waals surface area contributed by atoms with E-state index in [0.29, 0.717) is 11.8 Å². The van der Waals surface area contributed by atoms with Crippen molar-refractivity contribution in [2.45, 2.75) is 25.4 Å². The Morgan fingerprint density at radius 1 is 1.58 bits per heavy atom. The topological polar surface area (TPSA) is 46.5 Å². The van der Waals surface area contributed by atoms with Crippen molar-refractivity contribution in [1.82, 2.24) is 0 Å². The Morgan fingerprint density at radius 3 is 3.08 bits per heavy atom. The van der Waals surface area contributed by atoms with Crippen LogP contribution in [0.2, 0.25) is 0 Å². The van der Waals surface area contributed by atoms with Crippen molar-refractivity contribution in [2.75, 3.05) is 6.61 Å². The van der Waals surface area contributed by atoms with Crippen molar-refractivity contribution in [3.63, 3.8) is 0 Å². The molecule has 0 spiro atoms. The molecule has 4 unspecified atom stereocenters. The highest BCUT2D eigenvalue weighted by Gasteiger charge is 2.77. The molecular formula is C9H12O3. The summed E-state index contributed by atoms with van der Waals surface area (Å²) < 4.78 is 5.19. The second-order valence-electron chi connectivity index (χ2n) is 4.21. The van der Waals surface area contributed by atoms with Crippen molar-refractivity contribution in [2.24, 2.45) is 17.3 Å². The molecule has 12 heavy (non-hydrogen) atoms. The molecule has 0 aromatic carbocycles. The van der Waals surface area contributed by atoms with Crippen molar-refractivity contribution in [3.05, 3.63) is 0 Å². The molecule has 66 valence electrons. The summed E-state index contributed by atoms with van der Waals surface area (Å²) in [4.78, 5) is 11.4. The molecule has 3 rings (SSSR count). The predicted octanol–water partition coefficient (Wildman–Crippen LogP) is 0.320. The lowest BCUT2D eigenvalue weighted by atomic mass is 9.98. The lowest BCUT2D eigenvalue weighted by molar-refractivity contribution is -0.152. The second kappa shape index (κ2) is 1.84. The molecule has 0 aromatic heterocycles. The molecule has 1 heterocycles. The summed E-state index contributed by atoms with van der Waals surface area (Å²) in [5, 5.41) is 9.18. The maximum absolute atomic E-state index is 11.4. The van der Waals surface area contributed by atoms with E-state index in [4.69, 9.17) is 4.74 Å². The Kier molecular flexibility index (Phi) is 1.06. The molecule has 2 aliphatic carbocycles. The number of carbonyl (C=O) groups is 1. The van der Waals surface area contributed by atoms with E-state index in [0.717, 1.165) is 19.3 Å². The van der Waals surface area contributed by atoms with Gasteiger partial charge in [-0.15, -0.1) is 0 Å². The van der Waals surface area contributed by atoms with Gasteiger partial charge in [-0.1, -0.05) is 0 Å². The first-order valence-corrected chi connectivity index (χ1v) is 4.62. The van der Waals surface area contributed by atoms with Crippen molar-refractivity contribution >= 4 is 5.97 Å². The van der Waals surface area contributed by atoms with Crippen LogP contribution in [0.3, 0.4) is 0 Å². The zero-order chi connectivity index (χ0) is 8.34.